The predicted molar refractivity (Wildman–Crippen MR) is 129 cm³/mol. The fourth-order valence-corrected chi connectivity index (χ4v) is 5.33. The molecule has 1 atom stereocenters. The molecule has 0 spiro atoms. The molecule has 7 heteroatoms. The number of esters is 1. The number of allylic oxidation sites excluding steroid dienone is 2. The van der Waals surface area contributed by atoms with Crippen molar-refractivity contribution in [2.45, 2.75) is 59.9 Å². The SMILES string of the molecule is CCOC(=O)C1=C(N)OC2=C(C(=O)CC(C)(C)C2)[C@H]1c1cc(C)cc(CN2CCOCC2)c1C. The van der Waals surface area contributed by atoms with Crippen LogP contribution < -0.4 is 5.73 Å². The maximum Gasteiger partial charge on any atom is 0.340 e. The maximum absolute atomic E-state index is 13.5. The topological polar surface area (TPSA) is 91.1 Å². The first-order valence-electron chi connectivity index (χ1n) is 12.1. The molecular formula is C27H36N2O5. The van der Waals surface area contributed by atoms with Gasteiger partial charge in [0, 0.05) is 38.0 Å². The Labute approximate surface area is 201 Å². The molecule has 0 amide bonds. The maximum atomic E-state index is 13.5. The van der Waals surface area contributed by atoms with Crippen LogP contribution in [0, 0.1) is 19.3 Å². The summed E-state index contributed by atoms with van der Waals surface area (Å²) in [5, 5.41) is 0. The first-order valence-corrected chi connectivity index (χ1v) is 12.1. The van der Waals surface area contributed by atoms with E-state index in [4.69, 9.17) is 19.9 Å². The van der Waals surface area contributed by atoms with E-state index in [9.17, 15) is 9.59 Å². The number of Topliss-reactive ketones (excluding diaryl/α,β-unsaturated/α-hetero) is 1. The average Bonchev–Trinajstić information content (AvgIpc) is 2.75. The summed E-state index contributed by atoms with van der Waals surface area (Å²) in [6.45, 7) is 14.2. The Hall–Kier alpha value is -2.64. The number of nitrogens with two attached hydrogens (primary N) is 1. The first kappa shape index (κ1) is 24.5. The summed E-state index contributed by atoms with van der Waals surface area (Å²) in [5.74, 6) is -0.531. The van der Waals surface area contributed by atoms with Gasteiger partial charge in [-0.05, 0) is 42.9 Å². The molecule has 0 aromatic heterocycles. The van der Waals surface area contributed by atoms with Gasteiger partial charge in [0.25, 0.3) is 0 Å². The molecule has 1 saturated heterocycles. The third-order valence-electron chi connectivity index (χ3n) is 6.96. The van der Waals surface area contributed by atoms with Crippen molar-refractivity contribution >= 4 is 11.8 Å². The van der Waals surface area contributed by atoms with Crippen LogP contribution >= 0.6 is 0 Å². The molecule has 7 nitrogen and oxygen atoms in total. The average molecular weight is 469 g/mol. The second-order valence-corrected chi connectivity index (χ2v) is 10.3. The van der Waals surface area contributed by atoms with E-state index < -0.39 is 11.9 Å². The number of aryl methyl sites for hydroxylation is 1. The fourth-order valence-electron chi connectivity index (χ4n) is 5.33. The van der Waals surface area contributed by atoms with Crippen molar-refractivity contribution in [2.24, 2.45) is 11.1 Å². The van der Waals surface area contributed by atoms with Crippen molar-refractivity contribution in [3.05, 3.63) is 57.2 Å². The predicted octanol–water partition coefficient (Wildman–Crippen LogP) is 3.63. The summed E-state index contributed by atoms with van der Waals surface area (Å²) < 4.78 is 16.8. The third-order valence-corrected chi connectivity index (χ3v) is 6.96. The molecule has 1 aliphatic carbocycles. The van der Waals surface area contributed by atoms with Crippen LogP contribution in [0.15, 0.2) is 34.9 Å². The molecule has 184 valence electrons. The van der Waals surface area contributed by atoms with Crippen LogP contribution in [0.2, 0.25) is 0 Å². The van der Waals surface area contributed by atoms with Gasteiger partial charge in [0.2, 0.25) is 5.88 Å². The van der Waals surface area contributed by atoms with Crippen LogP contribution in [-0.2, 0) is 30.3 Å². The highest BCUT2D eigenvalue weighted by atomic mass is 16.5. The number of benzene rings is 1. The Morgan fingerprint density at radius 3 is 2.59 bits per heavy atom. The smallest absolute Gasteiger partial charge is 0.340 e. The summed E-state index contributed by atoms with van der Waals surface area (Å²) in [6.07, 6.45) is 0.986. The van der Waals surface area contributed by atoms with Crippen LogP contribution in [0.25, 0.3) is 0 Å². The van der Waals surface area contributed by atoms with Gasteiger partial charge in [-0.25, -0.2) is 4.79 Å². The van der Waals surface area contributed by atoms with Gasteiger partial charge in [0.1, 0.15) is 11.3 Å². The molecular weight excluding hydrogens is 432 g/mol. The van der Waals surface area contributed by atoms with E-state index in [1.54, 1.807) is 6.92 Å². The number of ether oxygens (including phenoxy) is 3. The van der Waals surface area contributed by atoms with E-state index in [2.05, 4.69) is 24.0 Å². The molecule has 4 rings (SSSR count). The summed E-state index contributed by atoms with van der Waals surface area (Å²) in [4.78, 5) is 29.0. The second kappa shape index (κ2) is 9.55. The van der Waals surface area contributed by atoms with E-state index >= 15 is 0 Å². The lowest BCUT2D eigenvalue weighted by atomic mass is 9.69. The van der Waals surface area contributed by atoms with Crippen LogP contribution in [0.1, 0.15) is 61.8 Å². The van der Waals surface area contributed by atoms with Crippen molar-refractivity contribution < 1.29 is 23.8 Å². The van der Waals surface area contributed by atoms with Crippen LogP contribution in [0.5, 0.6) is 0 Å². The summed E-state index contributed by atoms with van der Waals surface area (Å²) in [6, 6.07) is 4.25. The van der Waals surface area contributed by atoms with Gasteiger partial charge in [0.15, 0.2) is 5.78 Å². The molecule has 0 unspecified atom stereocenters. The van der Waals surface area contributed by atoms with Gasteiger partial charge >= 0.3 is 5.97 Å². The Balaban J connectivity index is 1.85. The van der Waals surface area contributed by atoms with Crippen LogP contribution in [0.4, 0.5) is 0 Å². The summed E-state index contributed by atoms with van der Waals surface area (Å²) in [7, 11) is 0. The number of morpholine rings is 1. The molecule has 1 fully saturated rings. The molecule has 34 heavy (non-hydrogen) atoms. The van der Waals surface area contributed by atoms with Gasteiger partial charge in [0.05, 0.1) is 25.7 Å². The van der Waals surface area contributed by atoms with Crippen LogP contribution in [-0.4, -0.2) is 49.6 Å². The molecule has 2 heterocycles. The third kappa shape index (κ3) is 4.77. The van der Waals surface area contributed by atoms with Crippen molar-refractivity contribution in [1.29, 1.82) is 0 Å². The monoisotopic (exact) mass is 468 g/mol. The first-order chi connectivity index (χ1) is 16.1. The highest BCUT2D eigenvalue weighted by Crippen LogP contribution is 2.49. The van der Waals surface area contributed by atoms with Crippen molar-refractivity contribution in [3.63, 3.8) is 0 Å². The summed E-state index contributed by atoms with van der Waals surface area (Å²) >= 11 is 0. The largest absolute Gasteiger partial charge is 0.462 e. The lowest BCUT2D eigenvalue weighted by Gasteiger charge is -2.38. The van der Waals surface area contributed by atoms with Gasteiger partial charge in [-0.2, -0.15) is 0 Å². The molecule has 2 aliphatic heterocycles. The Bertz CT molecular complexity index is 1060. The quantitative estimate of drug-likeness (QED) is 0.660. The number of hydrogen-bond donors (Lipinski definition) is 1. The van der Waals surface area contributed by atoms with E-state index in [0.29, 0.717) is 24.2 Å². The minimum absolute atomic E-state index is 0.00110. The number of hydrogen-bond acceptors (Lipinski definition) is 7. The van der Waals surface area contributed by atoms with Gasteiger partial charge in [-0.3, -0.25) is 9.69 Å². The van der Waals surface area contributed by atoms with Crippen LogP contribution in [0.3, 0.4) is 0 Å². The fraction of sp³-hybridized carbons (Fsp3) is 0.556. The Morgan fingerprint density at radius 2 is 1.91 bits per heavy atom. The number of carbonyl (C=O) groups is 2. The molecule has 3 aliphatic rings. The molecule has 2 N–H and O–H groups in total. The normalized spacial score (nSPS) is 23.0. The zero-order valence-corrected chi connectivity index (χ0v) is 21.0. The standard InChI is InChI=1S/C27H36N2O5/c1-6-33-26(31)24-22(23-20(30)13-27(4,5)14-21(23)34-25(24)28)19-12-16(2)11-18(17(19)3)15-29-7-9-32-10-8-29/h11-12,22H,6-10,13-15,28H2,1-5H3/t22-/m1/s1. The van der Waals surface area contributed by atoms with E-state index in [0.717, 1.165) is 49.5 Å². The molecule has 0 radical (unpaired) electrons. The Kier molecular flexibility index (Phi) is 6.87. The van der Waals surface area contributed by atoms with Gasteiger partial charge in [-0.1, -0.05) is 31.5 Å². The molecule has 1 aromatic rings. The zero-order valence-electron chi connectivity index (χ0n) is 21.0. The molecule has 0 bridgehead atoms. The summed E-state index contributed by atoms with van der Waals surface area (Å²) in [5.41, 5.74) is 11.1. The number of nitrogens with zero attached hydrogens (tertiary/aromatic N) is 1. The van der Waals surface area contributed by atoms with E-state index in [1.165, 1.54) is 5.56 Å². The highest BCUT2D eigenvalue weighted by molar-refractivity contribution is 6.03. The Morgan fingerprint density at radius 1 is 1.21 bits per heavy atom. The number of carbonyl (C=O) groups excluding carboxylic acids is 2. The van der Waals surface area contributed by atoms with Crippen molar-refractivity contribution in [3.8, 4) is 0 Å². The molecule has 0 saturated carbocycles. The second-order valence-electron chi connectivity index (χ2n) is 10.3. The number of ketones is 1. The lowest BCUT2D eigenvalue weighted by Crippen LogP contribution is -2.37. The lowest BCUT2D eigenvalue weighted by molar-refractivity contribution is -0.139. The van der Waals surface area contributed by atoms with Crippen molar-refractivity contribution in [2.75, 3.05) is 32.9 Å². The van der Waals surface area contributed by atoms with Crippen molar-refractivity contribution in [1.82, 2.24) is 4.90 Å². The highest BCUT2D eigenvalue weighted by Gasteiger charge is 2.45. The molecule has 1 aromatic carbocycles. The zero-order chi connectivity index (χ0) is 24.6. The minimum Gasteiger partial charge on any atom is -0.462 e. The van der Waals surface area contributed by atoms with E-state index in [1.807, 2.05) is 20.8 Å². The van der Waals surface area contributed by atoms with Gasteiger partial charge in [-0.15, -0.1) is 0 Å². The van der Waals surface area contributed by atoms with Gasteiger partial charge < -0.3 is 19.9 Å². The number of rotatable bonds is 5. The minimum atomic E-state index is -0.602. The van der Waals surface area contributed by atoms with E-state index in [-0.39, 0.29) is 29.3 Å².